The molecule has 0 unspecified atom stereocenters. The van der Waals surface area contributed by atoms with Crippen LogP contribution in [0.1, 0.15) is 17.0 Å². The van der Waals surface area contributed by atoms with Gasteiger partial charge in [-0.15, -0.1) is 0 Å². The summed E-state index contributed by atoms with van der Waals surface area (Å²) in [5.74, 6) is 0.829. The largest absolute Gasteiger partial charge is 0.465 e. The molecule has 102 valence electrons. The number of aromatic nitrogens is 2. The van der Waals surface area contributed by atoms with Gasteiger partial charge in [-0.3, -0.25) is 4.79 Å². The number of furan rings is 1. The number of carbonyl (C=O) groups is 1. The van der Waals surface area contributed by atoms with Crippen LogP contribution >= 0.6 is 0 Å². The van der Waals surface area contributed by atoms with Crippen molar-refractivity contribution in [3.05, 3.63) is 47.7 Å². The van der Waals surface area contributed by atoms with Crippen LogP contribution in [-0.4, -0.2) is 27.3 Å². The van der Waals surface area contributed by atoms with Gasteiger partial charge in [0.15, 0.2) is 0 Å². The number of hydrogen-bond acceptors (Lipinski definition) is 5. The first-order valence-electron chi connectivity index (χ1n) is 6.33. The normalized spacial score (nSPS) is 14.5. The van der Waals surface area contributed by atoms with E-state index in [9.17, 15) is 4.79 Å². The summed E-state index contributed by atoms with van der Waals surface area (Å²) in [6, 6.07) is 3.57. The molecule has 2 aromatic heterocycles. The molecule has 2 aromatic rings. The zero-order valence-electron chi connectivity index (χ0n) is 10.8. The molecule has 3 heterocycles. The molecule has 0 aliphatic carbocycles. The number of nitrogens with zero attached hydrogens (tertiary/aromatic N) is 3. The first-order chi connectivity index (χ1) is 9.72. The second-order valence-corrected chi connectivity index (χ2v) is 4.56. The molecule has 1 aliphatic heterocycles. The predicted molar refractivity (Wildman–Crippen MR) is 73.3 cm³/mol. The highest BCUT2D eigenvalue weighted by atomic mass is 16.3. The molecule has 6 heteroatoms. The number of hydrogen-bond donors (Lipinski definition) is 1. The SMILES string of the molecule is Nc1ncc2c(n1)CN(C(=O)C=Cc1ccco1)CC2. The molecule has 0 saturated carbocycles. The Bertz CT molecular complexity index is 649. The van der Waals surface area contributed by atoms with Gasteiger partial charge in [0, 0.05) is 18.8 Å². The second kappa shape index (κ2) is 5.16. The van der Waals surface area contributed by atoms with Crippen LogP contribution in [0.3, 0.4) is 0 Å². The number of fused-ring (bicyclic) bond motifs is 1. The third-order valence-corrected chi connectivity index (χ3v) is 3.21. The summed E-state index contributed by atoms with van der Waals surface area (Å²) in [6.45, 7) is 1.12. The van der Waals surface area contributed by atoms with Crippen LogP contribution < -0.4 is 5.73 Å². The molecule has 0 saturated heterocycles. The van der Waals surface area contributed by atoms with E-state index in [1.54, 1.807) is 35.6 Å². The quantitative estimate of drug-likeness (QED) is 0.830. The van der Waals surface area contributed by atoms with E-state index in [4.69, 9.17) is 10.2 Å². The average Bonchev–Trinajstić information content (AvgIpc) is 2.97. The van der Waals surface area contributed by atoms with E-state index in [1.807, 2.05) is 0 Å². The van der Waals surface area contributed by atoms with Crippen LogP contribution in [-0.2, 0) is 17.8 Å². The topological polar surface area (TPSA) is 85.2 Å². The molecule has 3 rings (SSSR count). The van der Waals surface area contributed by atoms with Gasteiger partial charge in [-0.2, -0.15) is 0 Å². The maximum absolute atomic E-state index is 12.1. The van der Waals surface area contributed by atoms with Crippen molar-refractivity contribution in [2.75, 3.05) is 12.3 Å². The minimum absolute atomic E-state index is 0.0655. The summed E-state index contributed by atoms with van der Waals surface area (Å²) in [5.41, 5.74) is 7.45. The van der Waals surface area contributed by atoms with E-state index in [-0.39, 0.29) is 11.9 Å². The zero-order chi connectivity index (χ0) is 13.9. The summed E-state index contributed by atoms with van der Waals surface area (Å²) in [4.78, 5) is 22.0. The average molecular weight is 270 g/mol. The second-order valence-electron chi connectivity index (χ2n) is 4.56. The number of anilines is 1. The maximum Gasteiger partial charge on any atom is 0.247 e. The fourth-order valence-corrected chi connectivity index (χ4v) is 2.15. The van der Waals surface area contributed by atoms with Crippen molar-refractivity contribution in [1.82, 2.24) is 14.9 Å². The van der Waals surface area contributed by atoms with E-state index in [1.165, 1.54) is 6.08 Å². The molecule has 0 bridgehead atoms. The van der Waals surface area contributed by atoms with Gasteiger partial charge in [-0.05, 0) is 30.2 Å². The first-order valence-corrected chi connectivity index (χ1v) is 6.33. The van der Waals surface area contributed by atoms with E-state index in [2.05, 4.69) is 9.97 Å². The monoisotopic (exact) mass is 270 g/mol. The van der Waals surface area contributed by atoms with E-state index < -0.39 is 0 Å². The third kappa shape index (κ3) is 2.54. The molecule has 1 amide bonds. The number of amides is 1. The van der Waals surface area contributed by atoms with E-state index >= 15 is 0 Å². The first kappa shape index (κ1) is 12.4. The Kier molecular flexibility index (Phi) is 3.20. The molecular weight excluding hydrogens is 256 g/mol. The highest BCUT2D eigenvalue weighted by Crippen LogP contribution is 2.17. The molecule has 0 aromatic carbocycles. The summed E-state index contributed by atoms with van der Waals surface area (Å²) in [5, 5.41) is 0. The standard InChI is InChI=1S/C14H14N4O2/c15-14-16-8-10-5-6-18(9-12(10)17-14)13(19)4-3-11-2-1-7-20-11/h1-4,7-8H,5-6,9H2,(H2,15,16,17). The molecule has 0 radical (unpaired) electrons. The Morgan fingerprint density at radius 1 is 1.50 bits per heavy atom. The number of rotatable bonds is 2. The lowest BCUT2D eigenvalue weighted by Gasteiger charge is -2.26. The third-order valence-electron chi connectivity index (χ3n) is 3.21. The van der Waals surface area contributed by atoms with E-state index in [0.29, 0.717) is 18.8 Å². The molecule has 0 spiro atoms. The van der Waals surface area contributed by atoms with Crippen LogP contribution in [0.5, 0.6) is 0 Å². The molecule has 1 aliphatic rings. The van der Waals surface area contributed by atoms with Gasteiger partial charge in [0.25, 0.3) is 0 Å². The highest BCUT2D eigenvalue weighted by Gasteiger charge is 2.20. The van der Waals surface area contributed by atoms with Crippen molar-refractivity contribution in [2.24, 2.45) is 0 Å². The van der Waals surface area contributed by atoms with E-state index in [0.717, 1.165) is 17.7 Å². The molecule has 20 heavy (non-hydrogen) atoms. The Labute approximate surface area is 115 Å². The van der Waals surface area contributed by atoms with Crippen molar-refractivity contribution >= 4 is 17.9 Å². The molecule has 2 N–H and O–H groups in total. The number of carbonyl (C=O) groups excluding carboxylic acids is 1. The fraction of sp³-hybridized carbons (Fsp3) is 0.214. The summed E-state index contributed by atoms with van der Waals surface area (Å²) in [6.07, 6.45) is 7.22. The molecule has 0 fully saturated rings. The maximum atomic E-state index is 12.1. The van der Waals surface area contributed by atoms with Gasteiger partial charge in [0.2, 0.25) is 11.9 Å². The van der Waals surface area contributed by atoms with Crippen LogP contribution in [0.4, 0.5) is 5.95 Å². The van der Waals surface area contributed by atoms with Gasteiger partial charge in [-0.25, -0.2) is 9.97 Å². The smallest absolute Gasteiger partial charge is 0.247 e. The van der Waals surface area contributed by atoms with Gasteiger partial charge < -0.3 is 15.1 Å². The Hall–Kier alpha value is -2.63. The Morgan fingerprint density at radius 3 is 3.20 bits per heavy atom. The van der Waals surface area contributed by atoms with Crippen molar-refractivity contribution in [1.29, 1.82) is 0 Å². The van der Waals surface area contributed by atoms with Gasteiger partial charge >= 0.3 is 0 Å². The van der Waals surface area contributed by atoms with Crippen molar-refractivity contribution in [2.45, 2.75) is 13.0 Å². The lowest BCUT2D eigenvalue weighted by atomic mass is 10.1. The van der Waals surface area contributed by atoms with Crippen molar-refractivity contribution < 1.29 is 9.21 Å². The fourth-order valence-electron chi connectivity index (χ4n) is 2.15. The van der Waals surface area contributed by atoms with Crippen LogP contribution in [0.2, 0.25) is 0 Å². The molecular formula is C14H14N4O2. The lowest BCUT2D eigenvalue weighted by molar-refractivity contribution is -0.126. The minimum Gasteiger partial charge on any atom is -0.465 e. The zero-order valence-corrected chi connectivity index (χ0v) is 10.8. The van der Waals surface area contributed by atoms with Crippen LogP contribution in [0.15, 0.2) is 35.1 Å². The van der Waals surface area contributed by atoms with Crippen LogP contribution in [0.25, 0.3) is 6.08 Å². The lowest BCUT2D eigenvalue weighted by Crippen LogP contribution is -2.35. The van der Waals surface area contributed by atoms with Crippen molar-refractivity contribution in [3.8, 4) is 0 Å². The minimum atomic E-state index is -0.0655. The molecule has 0 atom stereocenters. The van der Waals surface area contributed by atoms with Crippen LogP contribution in [0, 0.1) is 0 Å². The number of nitrogen functional groups attached to an aromatic ring is 1. The Morgan fingerprint density at radius 2 is 2.40 bits per heavy atom. The summed E-state index contributed by atoms with van der Waals surface area (Å²) >= 11 is 0. The molecule has 6 nitrogen and oxygen atoms in total. The van der Waals surface area contributed by atoms with Gasteiger partial charge in [0.1, 0.15) is 5.76 Å². The summed E-state index contributed by atoms with van der Waals surface area (Å²) < 4.78 is 5.15. The Balaban J connectivity index is 1.71. The predicted octanol–water partition coefficient (Wildman–Crippen LogP) is 1.25. The van der Waals surface area contributed by atoms with Gasteiger partial charge in [0.05, 0.1) is 18.5 Å². The van der Waals surface area contributed by atoms with Gasteiger partial charge in [-0.1, -0.05) is 0 Å². The highest BCUT2D eigenvalue weighted by molar-refractivity contribution is 5.91. The van der Waals surface area contributed by atoms with Crippen molar-refractivity contribution in [3.63, 3.8) is 0 Å². The number of nitrogens with two attached hydrogens (primary N) is 1. The summed E-state index contributed by atoms with van der Waals surface area (Å²) in [7, 11) is 0.